The first-order valence-electron chi connectivity index (χ1n) is 6.39. The van der Waals surface area contributed by atoms with E-state index in [1.807, 2.05) is 6.92 Å². The van der Waals surface area contributed by atoms with E-state index in [1.54, 1.807) is 0 Å². The summed E-state index contributed by atoms with van der Waals surface area (Å²) in [5.41, 5.74) is -0.284. The highest BCUT2D eigenvalue weighted by atomic mass is 35.5. The summed E-state index contributed by atoms with van der Waals surface area (Å²) in [6, 6.07) is 2.79. The molecular formula is C13H16ClN3O4. The van der Waals surface area contributed by atoms with Gasteiger partial charge in [0.1, 0.15) is 6.04 Å². The standard InChI is InChI=1S/C13H16ClN3O4/c1-3-6-15-12(18)8(2)16-13(19)10-7-9(17(20)21)4-5-11(10)14/h4-5,7-8H,3,6H2,1-2H3,(H,15,18)(H,16,19). The van der Waals surface area contributed by atoms with Crippen molar-refractivity contribution in [3.63, 3.8) is 0 Å². The van der Waals surface area contributed by atoms with E-state index in [4.69, 9.17) is 11.6 Å². The zero-order chi connectivity index (χ0) is 16.0. The molecule has 21 heavy (non-hydrogen) atoms. The van der Waals surface area contributed by atoms with Crippen LogP contribution in [0.1, 0.15) is 30.6 Å². The summed E-state index contributed by atoms with van der Waals surface area (Å²) in [5, 5.41) is 15.9. The van der Waals surface area contributed by atoms with Crippen molar-refractivity contribution in [1.82, 2.24) is 10.6 Å². The quantitative estimate of drug-likeness (QED) is 0.618. The summed E-state index contributed by atoms with van der Waals surface area (Å²) in [6.07, 6.45) is 0.781. The zero-order valence-corrected chi connectivity index (χ0v) is 12.4. The topological polar surface area (TPSA) is 101 Å². The average Bonchev–Trinajstić information content (AvgIpc) is 2.44. The number of carbonyl (C=O) groups is 2. The molecule has 0 spiro atoms. The number of amides is 2. The lowest BCUT2D eigenvalue weighted by Crippen LogP contribution is -2.45. The largest absolute Gasteiger partial charge is 0.354 e. The molecule has 1 rings (SSSR count). The van der Waals surface area contributed by atoms with Crippen molar-refractivity contribution in [2.24, 2.45) is 0 Å². The Bertz CT molecular complexity index is 562. The summed E-state index contributed by atoms with van der Waals surface area (Å²) < 4.78 is 0. The molecule has 0 heterocycles. The number of carbonyl (C=O) groups excluding carboxylic acids is 2. The summed E-state index contributed by atoms with van der Waals surface area (Å²) in [5.74, 6) is -0.963. The maximum atomic E-state index is 12.0. The minimum absolute atomic E-state index is 0.0407. The molecule has 0 saturated heterocycles. The first kappa shape index (κ1) is 16.9. The van der Waals surface area contributed by atoms with Crippen LogP contribution in [-0.4, -0.2) is 29.3 Å². The van der Waals surface area contributed by atoms with E-state index in [0.29, 0.717) is 6.54 Å². The number of nitro groups is 1. The highest BCUT2D eigenvalue weighted by Crippen LogP contribution is 2.22. The van der Waals surface area contributed by atoms with Crippen molar-refractivity contribution in [3.05, 3.63) is 38.9 Å². The molecule has 1 aromatic rings. The number of non-ortho nitro benzene ring substituents is 1. The van der Waals surface area contributed by atoms with Crippen LogP contribution in [0.2, 0.25) is 5.02 Å². The van der Waals surface area contributed by atoms with Crippen molar-refractivity contribution < 1.29 is 14.5 Å². The third-order valence-corrected chi connectivity index (χ3v) is 3.03. The number of hydrogen-bond acceptors (Lipinski definition) is 4. The van der Waals surface area contributed by atoms with Gasteiger partial charge in [-0.05, 0) is 19.4 Å². The lowest BCUT2D eigenvalue weighted by atomic mass is 10.1. The van der Waals surface area contributed by atoms with Crippen LogP contribution >= 0.6 is 11.6 Å². The SMILES string of the molecule is CCCNC(=O)C(C)NC(=O)c1cc([N+](=O)[O-])ccc1Cl. The molecule has 0 saturated carbocycles. The molecule has 0 aliphatic rings. The number of hydrogen-bond donors (Lipinski definition) is 2. The fraction of sp³-hybridized carbons (Fsp3) is 0.385. The molecule has 1 aromatic carbocycles. The average molecular weight is 314 g/mol. The van der Waals surface area contributed by atoms with E-state index >= 15 is 0 Å². The Morgan fingerprint density at radius 1 is 1.43 bits per heavy atom. The molecule has 0 radical (unpaired) electrons. The molecule has 7 nitrogen and oxygen atoms in total. The third kappa shape index (κ3) is 4.71. The monoisotopic (exact) mass is 313 g/mol. The molecule has 0 bridgehead atoms. The maximum Gasteiger partial charge on any atom is 0.270 e. The predicted molar refractivity (Wildman–Crippen MR) is 78.3 cm³/mol. The second-order valence-electron chi connectivity index (χ2n) is 4.41. The van der Waals surface area contributed by atoms with E-state index in [9.17, 15) is 19.7 Å². The van der Waals surface area contributed by atoms with Crippen LogP contribution in [-0.2, 0) is 4.79 Å². The maximum absolute atomic E-state index is 12.0. The zero-order valence-electron chi connectivity index (χ0n) is 11.7. The predicted octanol–water partition coefficient (Wildman–Crippen LogP) is 1.89. The van der Waals surface area contributed by atoms with Crippen molar-refractivity contribution in [2.45, 2.75) is 26.3 Å². The van der Waals surface area contributed by atoms with Gasteiger partial charge in [-0.15, -0.1) is 0 Å². The van der Waals surface area contributed by atoms with E-state index < -0.39 is 16.9 Å². The number of halogens is 1. The minimum Gasteiger partial charge on any atom is -0.354 e. The molecule has 2 N–H and O–H groups in total. The molecule has 2 amide bonds. The number of rotatable bonds is 6. The van der Waals surface area contributed by atoms with E-state index in [2.05, 4.69) is 10.6 Å². The molecule has 8 heteroatoms. The Balaban J connectivity index is 2.82. The molecular weight excluding hydrogens is 298 g/mol. The molecule has 0 aliphatic heterocycles. The van der Waals surface area contributed by atoms with Crippen molar-refractivity contribution in [3.8, 4) is 0 Å². The van der Waals surface area contributed by atoms with Gasteiger partial charge in [0.05, 0.1) is 15.5 Å². The van der Waals surface area contributed by atoms with Gasteiger partial charge in [-0.1, -0.05) is 18.5 Å². The van der Waals surface area contributed by atoms with Crippen LogP contribution in [0.25, 0.3) is 0 Å². The first-order valence-corrected chi connectivity index (χ1v) is 6.77. The molecule has 1 unspecified atom stereocenters. The second kappa shape index (κ2) is 7.58. The Hall–Kier alpha value is -2.15. The number of nitrogens with zero attached hydrogens (tertiary/aromatic N) is 1. The number of nitrogens with one attached hydrogen (secondary N) is 2. The van der Waals surface area contributed by atoms with Gasteiger partial charge in [0.2, 0.25) is 5.91 Å². The van der Waals surface area contributed by atoms with Crippen LogP contribution < -0.4 is 10.6 Å². The van der Waals surface area contributed by atoms with Gasteiger partial charge in [0.25, 0.3) is 11.6 Å². The third-order valence-electron chi connectivity index (χ3n) is 2.70. The molecule has 114 valence electrons. The van der Waals surface area contributed by atoms with E-state index in [1.165, 1.54) is 19.1 Å². The minimum atomic E-state index is -0.764. The van der Waals surface area contributed by atoms with Gasteiger partial charge in [-0.25, -0.2) is 0 Å². The van der Waals surface area contributed by atoms with Gasteiger partial charge >= 0.3 is 0 Å². The van der Waals surface area contributed by atoms with Crippen LogP contribution in [0, 0.1) is 10.1 Å². The summed E-state index contributed by atoms with van der Waals surface area (Å²) in [7, 11) is 0. The van der Waals surface area contributed by atoms with Gasteiger partial charge in [0.15, 0.2) is 0 Å². The summed E-state index contributed by atoms with van der Waals surface area (Å²) in [6.45, 7) is 3.94. The van der Waals surface area contributed by atoms with Gasteiger partial charge in [-0.3, -0.25) is 19.7 Å². The fourth-order valence-corrected chi connectivity index (χ4v) is 1.75. The molecule has 0 aliphatic carbocycles. The van der Waals surface area contributed by atoms with E-state index in [-0.39, 0.29) is 22.2 Å². The number of benzene rings is 1. The van der Waals surface area contributed by atoms with Gasteiger partial charge in [0, 0.05) is 18.7 Å². The van der Waals surface area contributed by atoms with Crippen LogP contribution in [0.3, 0.4) is 0 Å². The Labute approximate surface area is 126 Å². The summed E-state index contributed by atoms with van der Waals surface area (Å²) in [4.78, 5) is 33.8. The van der Waals surface area contributed by atoms with Gasteiger partial charge < -0.3 is 10.6 Å². The van der Waals surface area contributed by atoms with Crippen molar-refractivity contribution >= 4 is 29.1 Å². The Kier molecular flexibility index (Phi) is 6.10. The smallest absolute Gasteiger partial charge is 0.270 e. The molecule has 1 atom stereocenters. The lowest BCUT2D eigenvalue weighted by Gasteiger charge is -2.14. The molecule has 0 fully saturated rings. The fourth-order valence-electron chi connectivity index (χ4n) is 1.54. The normalized spacial score (nSPS) is 11.6. The summed E-state index contributed by atoms with van der Waals surface area (Å²) >= 11 is 5.86. The lowest BCUT2D eigenvalue weighted by molar-refractivity contribution is -0.384. The second-order valence-corrected chi connectivity index (χ2v) is 4.81. The van der Waals surface area contributed by atoms with Crippen LogP contribution in [0.15, 0.2) is 18.2 Å². The highest BCUT2D eigenvalue weighted by molar-refractivity contribution is 6.34. The van der Waals surface area contributed by atoms with E-state index in [0.717, 1.165) is 12.5 Å². The van der Waals surface area contributed by atoms with Crippen molar-refractivity contribution in [1.29, 1.82) is 0 Å². The Morgan fingerprint density at radius 2 is 2.10 bits per heavy atom. The van der Waals surface area contributed by atoms with Crippen LogP contribution in [0.5, 0.6) is 0 Å². The Morgan fingerprint density at radius 3 is 2.67 bits per heavy atom. The van der Waals surface area contributed by atoms with Crippen molar-refractivity contribution in [2.75, 3.05) is 6.54 Å². The number of nitro benzene ring substituents is 1. The highest BCUT2D eigenvalue weighted by Gasteiger charge is 2.20. The first-order chi connectivity index (χ1) is 9.86. The molecule has 0 aromatic heterocycles. The van der Waals surface area contributed by atoms with Gasteiger partial charge in [-0.2, -0.15) is 0 Å². The van der Waals surface area contributed by atoms with Crippen LogP contribution in [0.4, 0.5) is 5.69 Å².